The van der Waals surface area contributed by atoms with Crippen molar-refractivity contribution in [1.29, 1.82) is 0 Å². The fourth-order valence-electron chi connectivity index (χ4n) is 2.04. The normalized spacial score (nSPS) is 11.5. The molecule has 8 heteroatoms. The molecular weight excluding hydrogens is 323 g/mol. The second-order valence-corrected chi connectivity index (χ2v) is 7.24. The molecule has 0 aliphatic carbocycles. The predicted octanol–water partition coefficient (Wildman–Crippen LogP) is 2.64. The molecule has 0 saturated heterocycles. The van der Waals surface area contributed by atoms with Crippen LogP contribution in [0.25, 0.3) is 0 Å². The van der Waals surface area contributed by atoms with Gasteiger partial charge in [0.2, 0.25) is 0 Å². The summed E-state index contributed by atoms with van der Waals surface area (Å²) >= 11 is 0. The van der Waals surface area contributed by atoms with E-state index in [1.807, 2.05) is 0 Å². The molecule has 0 heterocycles. The molecule has 2 rings (SSSR count). The highest BCUT2D eigenvalue weighted by molar-refractivity contribution is 7.79. The van der Waals surface area contributed by atoms with Crippen molar-refractivity contribution in [3.63, 3.8) is 0 Å². The maximum absolute atomic E-state index is 13.9. The average molecular weight is 332 g/mol. The van der Waals surface area contributed by atoms with Crippen LogP contribution in [0.4, 0.5) is 17.6 Å². The van der Waals surface area contributed by atoms with Gasteiger partial charge < -0.3 is 9.67 Å². The lowest BCUT2D eigenvalue weighted by Crippen LogP contribution is -2.26. The number of carboxylic acids is 1. The van der Waals surface area contributed by atoms with E-state index in [9.17, 15) is 26.9 Å². The van der Waals surface area contributed by atoms with Crippen molar-refractivity contribution in [1.82, 2.24) is 0 Å². The van der Waals surface area contributed by atoms with E-state index in [0.717, 1.165) is 24.3 Å². The third-order valence-electron chi connectivity index (χ3n) is 2.96. The number of hydrogen-bond acceptors (Lipinski definition) is 2. The molecule has 0 radical (unpaired) electrons. The molecule has 0 aromatic heterocycles. The van der Waals surface area contributed by atoms with Crippen LogP contribution >= 0.6 is 7.14 Å². The van der Waals surface area contributed by atoms with Gasteiger partial charge in [0.15, 0.2) is 7.14 Å². The quantitative estimate of drug-likeness (QED) is 0.692. The van der Waals surface area contributed by atoms with Gasteiger partial charge in [-0.15, -0.1) is 0 Å². The largest absolute Gasteiger partial charge is 0.481 e. The number of hydrogen-bond donors (Lipinski definition) is 1. The molecule has 0 fully saturated rings. The van der Waals surface area contributed by atoms with Crippen molar-refractivity contribution >= 4 is 23.7 Å². The van der Waals surface area contributed by atoms with Crippen LogP contribution in [0.15, 0.2) is 36.4 Å². The summed E-state index contributed by atoms with van der Waals surface area (Å²) in [5.41, 5.74) is 0. The molecule has 2 aromatic carbocycles. The molecule has 0 aliphatic rings. The van der Waals surface area contributed by atoms with Gasteiger partial charge in [-0.05, 0) is 24.3 Å². The van der Waals surface area contributed by atoms with Crippen LogP contribution in [-0.2, 0) is 9.36 Å². The van der Waals surface area contributed by atoms with Crippen LogP contribution in [-0.4, -0.2) is 17.2 Å². The Morgan fingerprint density at radius 2 is 1.32 bits per heavy atom. The van der Waals surface area contributed by atoms with Crippen LogP contribution in [0.5, 0.6) is 0 Å². The van der Waals surface area contributed by atoms with Gasteiger partial charge >= 0.3 is 5.97 Å². The minimum Gasteiger partial charge on any atom is -0.481 e. The summed E-state index contributed by atoms with van der Waals surface area (Å²) in [5, 5.41) is 7.65. The Labute approximate surface area is 122 Å². The third kappa shape index (κ3) is 3.04. The van der Waals surface area contributed by atoms with E-state index >= 15 is 0 Å². The maximum Gasteiger partial charge on any atom is 0.311 e. The van der Waals surface area contributed by atoms with Crippen molar-refractivity contribution in [3.05, 3.63) is 59.7 Å². The molecule has 0 saturated carbocycles. The average Bonchev–Trinajstić information content (AvgIpc) is 2.36. The van der Waals surface area contributed by atoms with Gasteiger partial charge in [0.25, 0.3) is 0 Å². The summed E-state index contributed by atoms with van der Waals surface area (Å²) in [5.74, 6) is -5.98. The second kappa shape index (κ2) is 5.93. The van der Waals surface area contributed by atoms with Crippen molar-refractivity contribution < 1.29 is 32.0 Å². The highest BCUT2D eigenvalue weighted by atomic mass is 31.2. The fourth-order valence-corrected chi connectivity index (χ4v) is 4.47. The minimum absolute atomic E-state index is 0.422. The standard InChI is InChI=1S/C14H9F4O3P/c15-8-1-3-12(10(17)5-8)22(21,7-14(19)20)13-4-2-9(16)6-11(13)18/h1-6H,7H2,(H,19,20). The van der Waals surface area contributed by atoms with E-state index in [1.165, 1.54) is 0 Å². The summed E-state index contributed by atoms with van der Waals surface area (Å²) < 4.78 is 66.7. The van der Waals surface area contributed by atoms with E-state index in [0.29, 0.717) is 12.1 Å². The van der Waals surface area contributed by atoms with Crippen molar-refractivity contribution in [3.8, 4) is 0 Å². The number of carbonyl (C=O) groups is 1. The van der Waals surface area contributed by atoms with Crippen LogP contribution in [0, 0.1) is 23.3 Å². The molecule has 2 aromatic rings. The highest BCUT2D eigenvalue weighted by Crippen LogP contribution is 2.44. The fraction of sp³-hybridized carbons (Fsp3) is 0.0714. The van der Waals surface area contributed by atoms with Crippen LogP contribution in [0.3, 0.4) is 0 Å². The SMILES string of the molecule is O=C(O)CP(=O)(c1ccc(F)cc1F)c1ccc(F)cc1F. The van der Waals surface area contributed by atoms with E-state index < -0.39 is 53.2 Å². The van der Waals surface area contributed by atoms with E-state index in [2.05, 4.69) is 0 Å². The van der Waals surface area contributed by atoms with E-state index in [1.54, 1.807) is 0 Å². The van der Waals surface area contributed by atoms with Gasteiger partial charge in [0, 0.05) is 12.1 Å². The zero-order chi connectivity index (χ0) is 16.5. The molecule has 0 bridgehead atoms. The zero-order valence-electron chi connectivity index (χ0n) is 10.9. The smallest absolute Gasteiger partial charge is 0.311 e. The summed E-state index contributed by atoms with van der Waals surface area (Å²) in [6.07, 6.45) is -1.09. The molecule has 116 valence electrons. The number of halogens is 4. The molecule has 0 amide bonds. The van der Waals surface area contributed by atoms with Gasteiger partial charge in [-0.2, -0.15) is 0 Å². The number of benzene rings is 2. The highest BCUT2D eigenvalue weighted by Gasteiger charge is 2.35. The monoisotopic (exact) mass is 332 g/mol. The molecule has 0 aliphatic heterocycles. The molecule has 0 atom stereocenters. The Morgan fingerprint density at radius 1 is 0.909 bits per heavy atom. The van der Waals surface area contributed by atoms with Crippen LogP contribution in [0.2, 0.25) is 0 Å². The minimum atomic E-state index is -4.28. The molecule has 22 heavy (non-hydrogen) atoms. The van der Waals surface area contributed by atoms with E-state index in [-0.39, 0.29) is 0 Å². The second-order valence-electron chi connectivity index (χ2n) is 4.48. The number of rotatable bonds is 4. The number of carboxylic acid groups (broad SMARTS) is 1. The van der Waals surface area contributed by atoms with Crippen molar-refractivity contribution in [2.75, 3.05) is 6.16 Å². The van der Waals surface area contributed by atoms with E-state index in [4.69, 9.17) is 5.11 Å². The third-order valence-corrected chi connectivity index (χ3v) is 5.95. The van der Waals surface area contributed by atoms with Crippen LogP contribution in [0.1, 0.15) is 0 Å². The van der Waals surface area contributed by atoms with Crippen molar-refractivity contribution in [2.24, 2.45) is 0 Å². The first-order valence-corrected chi connectivity index (χ1v) is 7.85. The Bertz CT molecular complexity index is 736. The Morgan fingerprint density at radius 3 is 1.64 bits per heavy atom. The Hall–Kier alpha value is -2.14. The molecule has 0 spiro atoms. The summed E-state index contributed by atoms with van der Waals surface area (Å²) in [7, 11) is -4.28. The first kappa shape index (κ1) is 16.2. The Kier molecular flexibility index (Phi) is 4.37. The molecule has 1 N–H and O–H groups in total. The predicted molar refractivity (Wildman–Crippen MR) is 72.1 cm³/mol. The summed E-state index contributed by atoms with van der Waals surface area (Å²) in [6.45, 7) is 0. The molecule has 3 nitrogen and oxygen atoms in total. The summed E-state index contributed by atoms with van der Waals surface area (Å²) in [6, 6.07) is 4.02. The lowest BCUT2D eigenvalue weighted by molar-refractivity contribution is -0.134. The van der Waals surface area contributed by atoms with Gasteiger partial charge in [-0.1, -0.05) is 0 Å². The maximum atomic E-state index is 13.9. The Balaban J connectivity index is 2.72. The zero-order valence-corrected chi connectivity index (χ0v) is 11.8. The topological polar surface area (TPSA) is 54.4 Å². The number of aliphatic carboxylic acids is 1. The van der Waals surface area contributed by atoms with Gasteiger partial charge in [0.1, 0.15) is 29.4 Å². The molecular formula is C14H9F4O3P. The van der Waals surface area contributed by atoms with Gasteiger partial charge in [-0.3, -0.25) is 4.79 Å². The van der Waals surface area contributed by atoms with Crippen LogP contribution < -0.4 is 10.6 Å². The lowest BCUT2D eigenvalue weighted by atomic mass is 10.3. The first-order valence-electron chi connectivity index (χ1n) is 5.96. The summed E-state index contributed by atoms with van der Waals surface area (Å²) in [4.78, 5) is 11.0. The van der Waals surface area contributed by atoms with Gasteiger partial charge in [-0.25, -0.2) is 17.6 Å². The first-order chi connectivity index (χ1) is 10.2. The lowest BCUT2D eigenvalue weighted by Gasteiger charge is -2.18. The van der Waals surface area contributed by atoms with Gasteiger partial charge in [0.05, 0.1) is 10.6 Å². The van der Waals surface area contributed by atoms with Crippen molar-refractivity contribution in [2.45, 2.75) is 0 Å². The molecule has 0 unspecified atom stereocenters.